The molecule has 0 radical (unpaired) electrons. The molecule has 0 aliphatic carbocycles. The highest BCUT2D eigenvalue weighted by atomic mass is 19.1. The number of carbonyl (C=O) groups is 1. The summed E-state index contributed by atoms with van der Waals surface area (Å²) in [6, 6.07) is 7.21. The van der Waals surface area contributed by atoms with Gasteiger partial charge < -0.3 is 9.84 Å². The normalized spacial score (nSPS) is 10.3. The lowest BCUT2D eigenvalue weighted by molar-refractivity contribution is 0.0693. The topological polar surface area (TPSA) is 46.5 Å². The number of carboxylic acids is 1. The van der Waals surface area contributed by atoms with Crippen molar-refractivity contribution in [3.05, 3.63) is 59.2 Å². The van der Waals surface area contributed by atoms with Crippen LogP contribution in [0.15, 0.2) is 36.4 Å². The number of hydrogen-bond acceptors (Lipinski definition) is 2. The Morgan fingerprint density at radius 3 is 2.53 bits per heavy atom. The third kappa shape index (κ3) is 2.88. The Balaban J connectivity index is 2.37. The van der Waals surface area contributed by atoms with E-state index in [9.17, 15) is 13.6 Å². The zero-order chi connectivity index (χ0) is 14.0. The molecule has 0 bridgehead atoms. The molecule has 2 rings (SSSR count). The van der Waals surface area contributed by atoms with Crippen molar-refractivity contribution in [2.45, 2.75) is 6.92 Å². The summed E-state index contributed by atoms with van der Waals surface area (Å²) in [7, 11) is 0. The first-order valence-corrected chi connectivity index (χ1v) is 5.44. The number of aromatic carboxylic acids is 1. The molecule has 2 aromatic carbocycles. The first kappa shape index (κ1) is 13.0. The Morgan fingerprint density at radius 2 is 1.89 bits per heavy atom. The molecule has 98 valence electrons. The van der Waals surface area contributed by atoms with Gasteiger partial charge in [-0.1, -0.05) is 0 Å². The smallest absolute Gasteiger partial charge is 0.339 e. The number of benzene rings is 2. The number of carboxylic acid groups (broad SMARTS) is 1. The maximum atomic E-state index is 13.1. The molecule has 3 nitrogen and oxygen atoms in total. The van der Waals surface area contributed by atoms with Crippen LogP contribution in [-0.2, 0) is 0 Å². The largest absolute Gasteiger partial charge is 0.478 e. The lowest BCUT2D eigenvalue weighted by Gasteiger charge is -2.09. The van der Waals surface area contributed by atoms with Crippen molar-refractivity contribution in [3.8, 4) is 11.5 Å². The van der Waals surface area contributed by atoms with Gasteiger partial charge in [0.05, 0.1) is 0 Å². The lowest BCUT2D eigenvalue weighted by atomic mass is 10.2. The van der Waals surface area contributed by atoms with Crippen LogP contribution in [0.2, 0.25) is 0 Å². The van der Waals surface area contributed by atoms with Crippen LogP contribution in [-0.4, -0.2) is 11.1 Å². The molecule has 0 saturated carbocycles. The van der Waals surface area contributed by atoms with Crippen molar-refractivity contribution in [2.75, 3.05) is 0 Å². The minimum absolute atomic E-state index is 0.0000850. The SMILES string of the molecule is Cc1cc(Oc2ccc(F)cc2C(=O)O)ccc1F. The quantitative estimate of drug-likeness (QED) is 0.918. The van der Waals surface area contributed by atoms with E-state index in [4.69, 9.17) is 9.84 Å². The Hall–Kier alpha value is -2.43. The summed E-state index contributed by atoms with van der Waals surface area (Å²) in [6.45, 7) is 1.56. The Bertz CT molecular complexity index is 639. The van der Waals surface area contributed by atoms with E-state index in [-0.39, 0.29) is 22.9 Å². The van der Waals surface area contributed by atoms with Gasteiger partial charge in [0, 0.05) is 0 Å². The third-order valence-electron chi connectivity index (χ3n) is 2.53. The van der Waals surface area contributed by atoms with Crippen LogP contribution >= 0.6 is 0 Å². The molecular formula is C14H10F2O3. The fraction of sp³-hybridized carbons (Fsp3) is 0.0714. The first-order valence-electron chi connectivity index (χ1n) is 5.44. The summed E-state index contributed by atoms with van der Waals surface area (Å²) in [4.78, 5) is 11.0. The first-order chi connectivity index (χ1) is 8.97. The second kappa shape index (κ2) is 5.06. The molecule has 0 heterocycles. The van der Waals surface area contributed by atoms with E-state index in [1.165, 1.54) is 24.3 Å². The maximum Gasteiger partial charge on any atom is 0.339 e. The van der Waals surface area contributed by atoms with E-state index in [1.54, 1.807) is 6.92 Å². The molecule has 0 aromatic heterocycles. The van der Waals surface area contributed by atoms with Crippen LogP contribution in [0.1, 0.15) is 15.9 Å². The van der Waals surface area contributed by atoms with Gasteiger partial charge >= 0.3 is 5.97 Å². The Kier molecular flexibility index (Phi) is 3.46. The van der Waals surface area contributed by atoms with Gasteiger partial charge in [-0.3, -0.25) is 0 Å². The second-order valence-corrected chi connectivity index (χ2v) is 3.96. The summed E-state index contributed by atoms with van der Waals surface area (Å²) in [5, 5.41) is 8.96. The van der Waals surface area contributed by atoms with Crippen LogP contribution in [0.25, 0.3) is 0 Å². The van der Waals surface area contributed by atoms with E-state index in [1.807, 2.05) is 0 Å². The molecule has 0 saturated heterocycles. The zero-order valence-corrected chi connectivity index (χ0v) is 9.98. The fourth-order valence-corrected chi connectivity index (χ4v) is 1.57. The second-order valence-electron chi connectivity index (χ2n) is 3.96. The van der Waals surface area contributed by atoms with E-state index in [2.05, 4.69) is 0 Å². The van der Waals surface area contributed by atoms with Gasteiger partial charge in [-0.15, -0.1) is 0 Å². The molecule has 5 heteroatoms. The summed E-state index contributed by atoms with van der Waals surface area (Å²) >= 11 is 0. The molecule has 0 unspecified atom stereocenters. The number of hydrogen-bond donors (Lipinski definition) is 1. The highest BCUT2D eigenvalue weighted by Crippen LogP contribution is 2.27. The number of ether oxygens (including phenoxy) is 1. The third-order valence-corrected chi connectivity index (χ3v) is 2.53. The van der Waals surface area contributed by atoms with Crippen molar-refractivity contribution in [1.29, 1.82) is 0 Å². The van der Waals surface area contributed by atoms with Crippen LogP contribution in [0.4, 0.5) is 8.78 Å². The van der Waals surface area contributed by atoms with Gasteiger partial charge in [-0.05, 0) is 48.9 Å². The van der Waals surface area contributed by atoms with E-state index >= 15 is 0 Å². The average molecular weight is 264 g/mol. The minimum atomic E-state index is -1.30. The van der Waals surface area contributed by atoms with E-state index in [0.717, 1.165) is 12.1 Å². The molecule has 0 spiro atoms. The predicted octanol–water partition coefficient (Wildman–Crippen LogP) is 3.76. The van der Waals surface area contributed by atoms with Crippen molar-refractivity contribution < 1.29 is 23.4 Å². The number of halogens is 2. The molecule has 0 aliphatic rings. The van der Waals surface area contributed by atoms with Gasteiger partial charge in [0.25, 0.3) is 0 Å². The van der Waals surface area contributed by atoms with Crippen molar-refractivity contribution in [1.82, 2.24) is 0 Å². The highest BCUT2D eigenvalue weighted by molar-refractivity contribution is 5.91. The van der Waals surface area contributed by atoms with E-state index in [0.29, 0.717) is 5.56 Å². The van der Waals surface area contributed by atoms with Gasteiger partial charge in [0.1, 0.15) is 28.7 Å². The van der Waals surface area contributed by atoms with Crippen LogP contribution < -0.4 is 4.74 Å². The van der Waals surface area contributed by atoms with Crippen LogP contribution in [0.3, 0.4) is 0 Å². The molecule has 0 amide bonds. The number of aryl methyl sites for hydroxylation is 1. The van der Waals surface area contributed by atoms with Crippen molar-refractivity contribution in [2.24, 2.45) is 0 Å². The molecule has 0 atom stereocenters. The zero-order valence-electron chi connectivity index (χ0n) is 9.98. The molecule has 2 aromatic rings. The molecule has 0 fully saturated rings. The Labute approximate surface area is 108 Å². The lowest BCUT2D eigenvalue weighted by Crippen LogP contribution is -2.01. The van der Waals surface area contributed by atoms with Crippen molar-refractivity contribution in [3.63, 3.8) is 0 Å². The van der Waals surface area contributed by atoms with E-state index < -0.39 is 11.8 Å². The molecule has 1 N–H and O–H groups in total. The summed E-state index contributed by atoms with van der Waals surface area (Å²) in [6.07, 6.45) is 0. The van der Waals surface area contributed by atoms with Gasteiger partial charge in [-0.25, -0.2) is 13.6 Å². The predicted molar refractivity (Wildman–Crippen MR) is 64.6 cm³/mol. The van der Waals surface area contributed by atoms with Gasteiger partial charge in [0.15, 0.2) is 0 Å². The number of rotatable bonds is 3. The molecular weight excluding hydrogens is 254 g/mol. The monoisotopic (exact) mass is 264 g/mol. The van der Waals surface area contributed by atoms with Crippen molar-refractivity contribution >= 4 is 5.97 Å². The Morgan fingerprint density at radius 1 is 1.16 bits per heavy atom. The van der Waals surface area contributed by atoms with Gasteiger partial charge in [0.2, 0.25) is 0 Å². The molecule has 19 heavy (non-hydrogen) atoms. The highest BCUT2D eigenvalue weighted by Gasteiger charge is 2.13. The van der Waals surface area contributed by atoms with Crippen LogP contribution in [0, 0.1) is 18.6 Å². The average Bonchev–Trinajstić information content (AvgIpc) is 2.36. The standard InChI is InChI=1S/C14H10F2O3/c1-8-6-10(3-4-12(8)16)19-13-5-2-9(15)7-11(13)14(17)18/h2-7H,1H3,(H,17,18). The van der Waals surface area contributed by atoms with Crippen LogP contribution in [0.5, 0.6) is 11.5 Å². The molecule has 0 aliphatic heterocycles. The summed E-state index contributed by atoms with van der Waals surface area (Å²) < 4.78 is 31.4. The minimum Gasteiger partial charge on any atom is -0.478 e. The summed E-state index contributed by atoms with van der Waals surface area (Å²) in [5.41, 5.74) is 0.0819. The van der Waals surface area contributed by atoms with Gasteiger partial charge in [-0.2, -0.15) is 0 Å². The fourth-order valence-electron chi connectivity index (χ4n) is 1.57. The summed E-state index contributed by atoms with van der Waals surface area (Å²) in [5.74, 6) is -2.06. The maximum absolute atomic E-state index is 13.1.